The number of rotatable bonds is 6. The number of nitrogen functional groups attached to an aromatic ring is 1. The Labute approximate surface area is 147 Å². The van der Waals surface area contributed by atoms with Gasteiger partial charge in [-0.2, -0.15) is 8.78 Å². The first-order valence-corrected chi connectivity index (χ1v) is 8.45. The van der Waals surface area contributed by atoms with Gasteiger partial charge < -0.3 is 10.6 Å². The van der Waals surface area contributed by atoms with Crippen molar-refractivity contribution in [2.75, 3.05) is 5.84 Å². The van der Waals surface area contributed by atoms with Gasteiger partial charge in [-0.15, -0.1) is 10.2 Å². The van der Waals surface area contributed by atoms with Gasteiger partial charge >= 0.3 is 6.61 Å². The Morgan fingerprint density at radius 2 is 1.76 bits per heavy atom. The van der Waals surface area contributed by atoms with Crippen LogP contribution in [-0.4, -0.2) is 21.5 Å². The van der Waals surface area contributed by atoms with Gasteiger partial charge in [-0.3, -0.25) is 0 Å². The molecule has 25 heavy (non-hydrogen) atoms. The Bertz CT molecular complexity index is 835. The highest BCUT2D eigenvalue weighted by molar-refractivity contribution is 7.98. The van der Waals surface area contributed by atoms with Crippen LogP contribution >= 0.6 is 11.8 Å². The van der Waals surface area contributed by atoms with E-state index in [0.29, 0.717) is 16.7 Å². The molecule has 130 valence electrons. The maximum Gasteiger partial charge on any atom is 0.387 e. The topological polar surface area (TPSA) is 66.0 Å². The lowest BCUT2D eigenvalue weighted by molar-refractivity contribution is -0.0498. The third-order valence-corrected chi connectivity index (χ3v) is 4.50. The number of alkyl halides is 2. The zero-order chi connectivity index (χ0) is 17.8. The van der Waals surface area contributed by atoms with E-state index in [1.165, 1.54) is 28.6 Å². The van der Waals surface area contributed by atoms with Crippen molar-refractivity contribution >= 4 is 11.8 Å². The van der Waals surface area contributed by atoms with Gasteiger partial charge in [0.2, 0.25) is 5.16 Å². The van der Waals surface area contributed by atoms with Gasteiger partial charge in [-0.05, 0) is 24.6 Å². The van der Waals surface area contributed by atoms with E-state index in [9.17, 15) is 8.78 Å². The summed E-state index contributed by atoms with van der Waals surface area (Å²) in [5.74, 6) is 7.38. The van der Waals surface area contributed by atoms with Crippen LogP contribution < -0.4 is 10.6 Å². The second-order valence-corrected chi connectivity index (χ2v) is 6.30. The highest BCUT2D eigenvalue weighted by atomic mass is 32.2. The second-order valence-electron chi connectivity index (χ2n) is 5.35. The predicted molar refractivity (Wildman–Crippen MR) is 93.0 cm³/mol. The number of halogens is 2. The fraction of sp³-hybridized carbons (Fsp3) is 0.176. The van der Waals surface area contributed by atoms with Gasteiger partial charge in [0.05, 0.1) is 0 Å². The number of aromatic nitrogens is 3. The number of nitrogens with two attached hydrogens (primary N) is 1. The molecule has 0 aliphatic carbocycles. The zero-order valence-electron chi connectivity index (χ0n) is 13.4. The minimum atomic E-state index is -2.82. The summed E-state index contributed by atoms with van der Waals surface area (Å²) in [5, 5.41) is 8.82. The average molecular weight is 362 g/mol. The van der Waals surface area contributed by atoms with Crippen molar-refractivity contribution in [3.05, 3.63) is 59.7 Å². The summed E-state index contributed by atoms with van der Waals surface area (Å²) in [4.78, 5) is 0. The van der Waals surface area contributed by atoms with Gasteiger partial charge in [0, 0.05) is 11.3 Å². The molecule has 2 N–H and O–H groups in total. The highest BCUT2D eigenvalue weighted by Crippen LogP contribution is 2.25. The lowest BCUT2D eigenvalue weighted by atomic mass is 10.1. The van der Waals surface area contributed by atoms with Crippen LogP contribution in [0.4, 0.5) is 8.78 Å². The van der Waals surface area contributed by atoms with Gasteiger partial charge in [-0.25, -0.2) is 4.68 Å². The van der Waals surface area contributed by atoms with Gasteiger partial charge in [0.15, 0.2) is 5.82 Å². The molecule has 0 amide bonds. The first kappa shape index (κ1) is 17.2. The first-order valence-electron chi connectivity index (χ1n) is 7.47. The van der Waals surface area contributed by atoms with Crippen LogP contribution in [0.25, 0.3) is 11.4 Å². The highest BCUT2D eigenvalue weighted by Gasteiger charge is 2.12. The molecule has 3 rings (SSSR count). The van der Waals surface area contributed by atoms with E-state index in [0.717, 1.165) is 16.7 Å². The first-order chi connectivity index (χ1) is 12.0. The Morgan fingerprint density at radius 1 is 1.08 bits per heavy atom. The lowest BCUT2D eigenvalue weighted by Crippen LogP contribution is -2.11. The van der Waals surface area contributed by atoms with E-state index in [4.69, 9.17) is 5.84 Å². The second kappa shape index (κ2) is 7.52. The molecule has 0 aliphatic rings. The molecule has 0 unspecified atom stereocenters. The van der Waals surface area contributed by atoms with Crippen LogP contribution in [0.1, 0.15) is 11.1 Å². The SMILES string of the molecule is Cc1ccc(-c2nnc(SCc3ccc(OC(F)F)cc3)n2N)cc1. The van der Waals surface area contributed by atoms with E-state index in [-0.39, 0.29) is 5.75 Å². The van der Waals surface area contributed by atoms with E-state index >= 15 is 0 Å². The van der Waals surface area contributed by atoms with Crippen molar-refractivity contribution < 1.29 is 13.5 Å². The smallest absolute Gasteiger partial charge is 0.387 e. The minimum Gasteiger partial charge on any atom is -0.435 e. The predicted octanol–water partition coefficient (Wildman–Crippen LogP) is 3.86. The molecular formula is C17H16F2N4OS. The number of ether oxygens (including phenoxy) is 1. The third-order valence-electron chi connectivity index (χ3n) is 3.49. The van der Waals surface area contributed by atoms with Crippen molar-refractivity contribution in [1.82, 2.24) is 14.9 Å². The molecule has 0 saturated heterocycles. The molecular weight excluding hydrogens is 346 g/mol. The number of aryl methyl sites for hydroxylation is 1. The Morgan fingerprint density at radius 3 is 2.40 bits per heavy atom. The van der Waals surface area contributed by atoms with Crippen LogP contribution in [0.3, 0.4) is 0 Å². The Hall–Kier alpha value is -2.61. The fourth-order valence-corrected chi connectivity index (χ4v) is 3.00. The maximum atomic E-state index is 12.1. The quantitative estimate of drug-likeness (QED) is 0.533. The van der Waals surface area contributed by atoms with E-state index < -0.39 is 6.61 Å². The monoisotopic (exact) mass is 362 g/mol. The summed E-state index contributed by atoms with van der Waals surface area (Å²) in [7, 11) is 0. The molecule has 0 bridgehead atoms. The average Bonchev–Trinajstić information content (AvgIpc) is 2.95. The fourth-order valence-electron chi connectivity index (χ4n) is 2.19. The zero-order valence-corrected chi connectivity index (χ0v) is 14.2. The van der Waals surface area contributed by atoms with Crippen molar-refractivity contribution in [2.45, 2.75) is 24.4 Å². The number of benzene rings is 2. The van der Waals surface area contributed by atoms with Crippen LogP contribution in [-0.2, 0) is 5.75 Å². The van der Waals surface area contributed by atoms with E-state index in [1.807, 2.05) is 31.2 Å². The third kappa shape index (κ3) is 4.27. The molecule has 8 heteroatoms. The Kier molecular flexibility index (Phi) is 5.18. The van der Waals surface area contributed by atoms with Crippen LogP contribution in [0, 0.1) is 6.92 Å². The van der Waals surface area contributed by atoms with Crippen molar-refractivity contribution in [2.24, 2.45) is 0 Å². The summed E-state index contributed by atoms with van der Waals surface area (Å²) >= 11 is 1.41. The molecule has 2 aromatic carbocycles. The molecule has 3 aromatic rings. The van der Waals surface area contributed by atoms with Crippen molar-refractivity contribution in [3.8, 4) is 17.1 Å². The van der Waals surface area contributed by atoms with Crippen LogP contribution in [0.2, 0.25) is 0 Å². The minimum absolute atomic E-state index is 0.132. The maximum absolute atomic E-state index is 12.1. The van der Waals surface area contributed by atoms with E-state index in [2.05, 4.69) is 14.9 Å². The summed E-state index contributed by atoms with van der Waals surface area (Å²) in [5.41, 5.74) is 2.98. The summed E-state index contributed by atoms with van der Waals surface area (Å²) in [6.45, 7) is -0.813. The van der Waals surface area contributed by atoms with Crippen molar-refractivity contribution in [1.29, 1.82) is 0 Å². The number of hydrogen-bond donors (Lipinski definition) is 1. The molecule has 0 fully saturated rings. The Balaban J connectivity index is 1.67. The summed E-state index contributed by atoms with van der Waals surface area (Å²) in [6, 6.07) is 14.3. The molecule has 1 heterocycles. The standard InChI is InChI=1S/C17H16F2N4OS/c1-11-2-6-13(7-3-11)15-21-22-17(23(15)20)25-10-12-4-8-14(9-5-12)24-16(18)19/h2-9,16H,10,20H2,1H3. The molecule has 0 saturated carbocycles. The largest absolute Gasteiger partial charge is 0.435 e. The van der Waals surface area contributed by atoms with Crippen molar-refractivity contribution in [3.63, 3.8) is 0 Å². The van der Waals surface area contributed by atoms with Crippen LogP contribution in [0.5, 0.6) is 5.75 Å². The van der Waals surface area contributed by atoms with Crippen LogP contribution in [0.15, 0.2) is 53.7 Å². The number of hydrogen-bond acceptors (Lipinski definition) is 5. The molecule has 0 aliphatic heterocycles. The molecule has 1 aromatic heterocycles. The molecule has 0 atom stereocenters. The summed E-state index contributed by atoms with van der Waals surface area (Å²) in [6.07, 6.45) is 0. The molecule has 0 radical (unpaired) electrons. The number of thioether (sulfide) groups is 1. The lowest BCUT2D eigenvalue weighted by Gasteiger charge is -2.06. The normalized spacial score (nSPS) is 11.0. The van der Waals surface area contributed by atoms with Gasteiger partial charge in [0.25, 0.3) is 0 Å². The molecule has 5 nitrogen and oxygen atoms in total. The molecule has 0 spiro atoms. The van der Waals surface area contributed by atoms with E-state index in [1.54, 1.807) is 12.1 Å². The van der Waals surface area contributed by atoms with Gasteiger partial charge in [-0.1, -0.05) is 53.7 Å². The van der Waals surface area contributed by atoms with Gasteiger partial charge in [0.1, 0.15) is 5.75 Å². The number of nitrogens with zero attached hydrogens (tertiary/aromatic N) is 3. The summed E-state index contributed by atoms with van der Waals surface area (Å²) < 4.78 is 30.1.